The van der Waals surface area contributed by atoms with E-state index < -0.39 is 0 Å². The Balaban J connectivity index is 1.38. The molecule has 2 N–H and O–H groups in total. The number of hydrogen-bond acceptors (Lipinski definition) is 3. The van der Waals surface area contributed by atoms with Crippen molar-refractivity contribution < 1.29 is 4.79 Å². The zero-order valence-electron chi connectivity index (χ0n) is 18.2. The molecule has 162 valence electrons. The van der Waals surface area contributed by atoms with Gasteiger partial charge in [-0.15, -0.1) is 0 Å². The first kappa shape index (κ1) is 20.3. The highest BCUT2D eigenvalue weighted by atomic mass is 16.2. The number of pyridine rings is 1. The van der Waals surface area contributed by atoms with E-state index in [2.05, 4.69) is 67.5 Å². The van der Waals surface area contributed by atoms with Gasteiger partial charge in [0, 0.05) is 30.5 Å². The predicted octanol–water partition coefficient (Wildman–Crippen LogP) is 5.02. The van der Waals surface area contributed by atoms with E-state index in [0.29, 0.717) is 6.54 Å². The van der Waals surface area contributed by atoms with Crippen molar-refractivity contribution >= 4 is 17.4 Å². The molecule has 0 saturated carbocycles. The van der Waals surface area contributed by atoms with E-state index in [4.69, 9.17) is 0 Å². The van der Waals surface area contributed by atoms with E-state index in [9.17, 15) is 4.79 Å². The number of hydrogen-bond donors (Lipinski definition) is 2. The SMILES string of the molecule is CCNC(=O)Nc1cccc(-c2cnc3cc(-c4ccc(CN5CCC5)cc4)ccn23)c1. The molecule has 4 aromatic rings. The van der Waals surface area contributed by atoms with E-state index >= 15 is 0 Å². The molecule has 2 aromatic carbocycles. The molecule has 2 aromatic heterocycles. The van der Waals surface area contributed by atoms with Crippen LogP contribution >= 0.6 is 0 Å². The van der Waals surface area contributed by atoms with Crippen LogP contribution in [0.15, 0.2) is 73.1 Å². The summed E-state index contributed by atoms with van der Waals surface area (Å²) < 4.78 is 2.08. The number of nitrogens with zero attached hydrogens (tertiary/aromatic N) is 3. The molecule has 2 amide bonds. The van der Waals surface area contributed by atoms with Gasteiger partial charge >= 0.3 is 6.03 Å². The lowest BCUT2D eigenvalue weighted by Gasteiger charge is -2.30. The summed E-state index contributed by atoms with van der Waals surface area (Å²) in [5.74, 6) is 0. The van der Waals surface area contributed by atoms with E-state index in [-0.39, 0.29) is 6.03 Å². The molecule has 5 rings (SSSR count). The molecule has 1 aliphatic heterocycles. The van der Waals surface area contributed by atoms with E-state index in [1.54, 1.807) is 0 Å². The van der Waals surface area contributed by atoms with Crippen LogP contribution in [0.4, 0.5) is 10.5 Å². The molecule has 0 radical (unpaired) electrons. The van der Waals surface area contributed by atoms with Crippen molar-refractivity contribution in [1.82, 2.24) is 19.6 Å². The summed E-state index contributed by atoms with van der Waals surface area (Å²) in [4.78, 5) is 18.9. The quantitative estimate of drug-likeness (QED) is 0.456. The molecule has 6 heteroatoms. The summed E-state index contributed by atoms with van der Waals surface area (Å²) in [6, 6.07) is 20.7. The van der Waals surface area contributed by atoms with Gasteiger partial charge in [-0.1, -0.05) is 36.4 Å². The first-order valence-electron chi connectivity index (χ1n) is 11.1. The molecule has 3 heterocycles. The number of aromatic nitrogens is 2. The van der Waals surface area contributed by atoms with Gasteiger partial charge in [-0.2, -0.15) is 0 Å². The maximum absolute atomic E-state index is 11.8. The van der Waals surface area contributed by atoms with Gasteiger partial charge in [0.2, 0.25) is 0 Å². The molecule has 32 heavy (non-hydrogen) atoms. The molecule has 1 fully saturated rings. The Morgan fingerprint density at radius 3 is 2.59 bits per heavy atom. The van der Waals surface area contributed by atoms with Gasteiger partial charge in [0.1, 0.15) is 5.65 Å². The summed E-state index contributed by atoms with van der Waals surface area (Å²) in [7, 11) is 0. The highest BCUT2D eigenvalue weighted by Crippen LogP contribution is 2.27. The predicted molar refractivity (Wildman–Crippen MR) is 129 cm³/mol. The van der Waals surface area contributed by atoms with Crippen LogP contribution in [-0.4, -0.2) is 39.9 Å². The summed E-state index contributed by atoms with van der Waals surface area (Å²) in [5.41, 5.74) is 7.32. The van der Waals surface area contributed by atoms with Crippen molar-refractivity contribution in [2.24, 2.45) is 0 Å². The van der Waals surface area contributed by atoms with Gasteiger partial charge in [-0.25, -0.2) is 9.78 Å². The number of urea groups is 1. The minimum atomic E-state index is -0.205. The smallest absolute Gasteiger partial charge is 0.319 e. The molecule has 1 saturated heterocycles. The van der Waals surface area contributed by atoms with Crippen LogP contribution in [0.5, 0.6) is 0 Å². The number of carbonyl (C=O) groups is 1. The summed E-state index contributed by atoms with van der Waals surface area (Å²) in [6.45, 7) is 5.95. The third-order valence-corrected chi connectivity index (χ3v) is 5.91. The minimum Gasteiger partial charge on any atom is -0.338 e. The first-order valence-corrected chi connectivity index (χ1v) is 11.1. The third kappa shape index (κ3) is 4.22. The summed E-state index contributed by atoms with van der Waals surface area (Å²) in [5, 5.41) is 5.61. The molecular weight excluding hydrogens is 398 g/mol. The van der Waals surface area contributed by atoms with Gasteiger partial charge < -0.3 is 10.6 Å². The first-order chi connectivity index (χ1) is 15.7. The molecule has 0 atom stereocenters. The number of nitrogens with one attached hydrogen (secondary N) is 2. The van der Waals surface area contributed by atoms with E-state index in [1.165, 1.54) is 30.6 Å². The van der Waals surface area contributed by atoms with Crippen LogP contribution in [0.3, 0.4) is 0 Å². The number of carbonyl (C=O) groups excluding carboxylic acids is 1. The fourth-order valence-electron chi connectivity index (χ4n) is 4.07. The van der Waals surface area contributed by atoms with Gasteiger partial charge in [-0.3, -0.25) is 9.30 Å². The van der Waals surface area contributed by atoms with Gasteiger partial charge in [0.25, 0.3) is 0 Å². The van der Waals surface area contributed by atoms with Crippen molar-refractivity contribution in [2.45, 2.75) is 19.9 Å². The van der Waals surface area contributed by atoms with E-state index in [0.717, 1.165) is 34.7 Å². The average Bonchev–Trinajstić information content (AvgIpc) is 3.20. The second-order valence-electron chi connectivity index (χ2n) is 8.18. The Kier molecular flexibility index (Phi) is 5.60. The standard InChI is InChI=1S/C26H27N5O/c1-2-27-26(32)29-23-6-3-5-22(15-23)24-17-28-25-16-21(11-14-31(24)25)20-9-7-19(8-10-20)18-30-12-4-13-30/h3,5-11,14-17H,2,4,12-13,18H2,1H3,(H2,27,29,32). The fraction of sp³-hybridized carbons (Fsp3) is 0.231. The molecular formula is C26H27N5O. The number of anilines is 1. The lowest BCUT2D eigenvalue weighted by Crippen LogP contribution is -2.36. The molecule has 1 aliphatic rings. The number of amides is 2. The lowest BCUT2D eigenvalue weighted by molar-refractivity contribution is 0.172. The maximum Gasteiger partial charge on any atom is 0.319 e. The van der Waals surface area contributed by atoms with Gasteiger partial charge in [0.15, 0.2) is 0 Å². The lowest BCUT2D eigenvalue weighted by atomic mass is 10.0. The number of fused-ring (bicyclic) bond motifs is 1. The van der Waals surface area contributed by atoms with Crippen molar-refractivity contribution in [3.05, 3.63) is 78.6 Å². The molecule has 0 unspecified atom stereocenters. The van der Waals surface area contributed by atoms with Crippen LogP contribution in [0.1, 0.15) is 18.9 Å². The fourth-order valence-corrected chi connectivity index (χ4v) is 4.07. The highest BCUT2D eigenvalue weighted by Gasteiger charge is 2.14. The number of benzene rings is 2. The van der Waals surface area contributed by atoms with Crippen LogP contribution in [0.2, 0.25) is 0 Å². The second-order valence-corrected chi connectivity index (χ2v) is 8.18. The van der Waals surface area contributed by atoms with Crippen molar-refractivity contribution in [3.8, 4) is 22.4 Å². The Morgan fingerprint density at radius 2 is 1.84 bits per heavy atom. The molecule has 0 aliphatic carbocycles. The molecule has 6 nitrogen and oxygen atoms in total. The zero-order chi connectivity index (χ0) is 21.9. The zero-order valence-corrected chi connectivity index (χ0v) is 18.2. The number of rotatable bonds is 6. The summed E-state index contributed by atoms with van der Waals surface area (Å²) >= 11 is 0. The second kappa shape index (κ2) is 8.85. The monoisotopic (exact) mass is 425 g/mol. The Morgan fingerprint density at radius 1 is 1.00 bits per heavy atom. The highest BCUT2D eigenvalue weighted by molar-refractivity contribution is 5.90. The van der Waals surface area contributed by atoms with Crippen molar-refractivity contribution in [3.63, 3.8) is 0 Å². The third-order valence-electron chi connectivity index (χ3n) is 5.91. The van der Waals surface area contributed by atoms with E-state index in [1.807, 2.05) is 37.4 Å². The summed E-state index contributed by atoms with van der Waals surface area (Å²) in [6.07, 6.45) is 5.25. The normalized spacial score (nSPS) is 13.7. The van der Waals surface area contributed by atoms with Crippen LogP contribution in [-0.2, 0) is 6.54 Å². The van der Waals surface area contributed by atoms with Crippen molar-refractivity contribution in [2.75, 3.05) is 25.0 Å². The van der Waals surface area contributed by atoms with Crippen molar-refractivity contribution in [1.29, 1.82) is 0 Å². The minimum absolute atomic E-state index is 0.205. The van der Waals surface area contributed by atoms with Gasteiger partial charge in [-0.05, 0) is 67.4 Å². The van der Waals surface area contributed by atoms with Crippen LogP contribution < -0.4 is 10.6 Å². The van der Waals surface area contributed by atoms with Gasteiger partial charge in [0.05, 0.1) is 11.9 Å². The Labute approximate surface area is 187 Å². The maximum atomic E-state index is 11.8. The molecule has 0 bridgehead atoms. The number of imidazole rings is 1. The van der Waals surface area contributed by atoms with Crippen LogP contribution in [0.25, 0.3) is 28.0 Å². The average molecular weight is 426 g/mol. The Hall–Kier alpha value is -3.64. The molecule has 0 spiro atoms. The topological polar surface area (TPSA) is 61.7 Å². The largest absolute Gasteiger partial charge is 0.338 e. The Bertz CT molecular complexity index is 1240. The number of likely N-dealkylation sites (tertiary alicyclic amines) is 1. The van der Waals surface area contributed by atoms with Crippen LogP contribution in [0, 0.1) is 0 Å².